The molecule has 8 heteroatoms. The van der Waals surface area contributed by atoms with Gasteiger partial charge in [-0.15, -0.1) is 12.4 Å². The lowest BCUT2D eigenvalue weighted by Crippen LogP contribution is -2.36. The average molecular weight is 371 g/mol. The largest absolute Gasteiger partial charge is 0.326 e. The van der Waals surface area contributed by atoms with Crippen LogP contribution in [0.1, 0.15) is 25.7 Å². The molecule has 1 fully saturated rings. The number of hydrogen-bond donors (Lipinski definition) is 2. The van der Waals surface area contributed by atoms with Crippen molar-refractivity contribution >= 4 is 29.7 Å². The number of nitro benzene ring substituents is 1. The third kappa shape index (κ3) is 7.37. The predicted octanol–water partition coefficient (Wildman–Crippen LogP) is 2.67. The number of carbonyl (C=O) groups is 1. The zero-order chi connectivity index (χ0) is 17.4. The summed E-state index contributed by atoms with van der Waals surface area (Å²) in [5, 5.41) is 16.6. The Kier molecular flexibility index (Phi) is 9.41. The third-order valence-corrected chi connectivity index (χ3v) is 4.53. The first kappa shape index (κ1) is 21.3. The Morgan fingerprint density at radius 1 is 1.28 bits per heavy atom. The number of nitrogens with one attached hydrogen (secondary N) is 2. The molecule has 25 heavy (non-hydrogen) atoms. The maximum absolute atomic E-state index is 12.0. The number of rotatable bonds is 8. The molecule has 1 aromatic carbocycles. The SMILES string of the molecule is CNCCC1CCN(CCC(=O)Nc2ccc([N+](=O)[O-])cc2)CC1.Cl. The number of hydrogen-bond acceptors (Lipinski definition) is 5. The van der Waals surface area contributed by atoms with Crippen LogP contribution in [-0.2, 0) is 4.79 Å². The highest BCUT2D eigenvalue weighted by Crippen LogP contribution is 2.20. The summed E-state index contributed by atoms with van der Waals surface area (Å²) in [6.07, 6.45) is 4.07. The smallest absolute Gasteiger partial charge is 0.269 e. The molecule has 0 saturated carbocycles. The quantitative estimate of drug-likeness (QED) is 0.542. The summed E-state index contributed by atoms with van der Waals surface area (Å²) < 4.78 is 0. The molecule has 0 atom stereocenters. The zero-order valence-electron chi connectivity index (χ0n) is 14.6. The standard InChI is InChI=1S/C17H26N4O3.ClH/c1-18-10-6-14-7-11-20(12-8-14)13-9-17(22)19-15-2-4-16(5-3-15)21(23)24;/h2-5,14,18H,6-13H2,1H3,(H,19,22);1H. The summed E-state index contributed by atoms with van der Waals surface area (Å²) in [4.78, 5) is 24.5. The van der Waals surface area contributed by atoms with E-state index in [9.17, 15) is 14.9 Å². The molecule has 1 amide bonds. The van der Waals surface area contributed by atoms with Gasteiger partial charge in [0.15, 0.2) is 0 Å². The van der Waals surface area contributed by atoms with E-state index >= 15 is 0 Å². The second-order valence-corrected chi connectivity index (χ2v) is 6.28. The van der Waals surface area contributed by atoms with Crippen molar-refractivity contribution in [2.75, 3.05) is 38.5 Å². The summed E-state index contributed by atoms with van der Waals surface area (Å²) in [5.41, 5.74) is 0.616. The minimum absolute atomic E-state index is 0. The van der Waals surface area contributed by atoms with Crippen molar-refractivity contribution in [3.8, 4) is 0 Å². The van der Waals surface area contributed by atoms with E-state index in [0.717, 1.165) is 32.1 Å². The van der Waals surface area contributed by atoms with E-state index in [1.54, 1.807) is 12.1 Å². The minimum Gasteiger partial charge on any atom is -0.326 e. The maximum atomic E-state index is 12.0. The van der Waals surface area contributed by atoms with Crippen molar-refractivity contribution in [1.29, 1.82) is 0 Å². The average Bonchev–Trinajstić information content (AvgIpc) is 2.59. The number of amides is 1. The highest BCUT2D eigenvalue weighted by molar-refractivity contribution is 5.90. The Hall–Kier alpha value is -1.70. The molecule has 0 spiro atoms. The van der Waals surface area contributed by atoms with Gasteiger partial charge in [-0.05, 0) is 64.0 Å². The van der Waals surface area contributed by atoms with Crippen molar-refractivity contribution in [3.63, 3.8) is 0 Å². The lowest BCUT2D eigenvalue weighted by molar-refractivity contribution is -0.384. The molecule has 0 bridgehead atoms. The molecule has 7 nitrogen and oxygen atoms in total. The monoisotopic (exact) mass is 370 g/mol. The number of nitro groups is 1. The molecular formula is C17H27ClN4O3. The van der Waals surface area contributed by atoms with Gasteiger partial charge in [0.2, 0.25) is 5.91 Å². The van der Waals surface area contributed by atoms with Gasteiger partial charge in [-0.2, -0.15) is 0 Å². The van der Waals surface area contributed by atoms with E-state index in [-0.39, 0.29) is 24.0 Å². The van der Waals surface area contributed by atoms with Crippen molar-refractivity contribution in [1.82, 2.24) is 10.2 Å². The van der Waals surface area contributed by atoms with E-state index in [0.29, 0.717) is 12.1 Å². The Labute approximate surface area is 154 Å². The number of anilines is 1. The summed E-state index contributed by atoms with van der Waals surface area (Å²) in [6.45, 7) is 3.94. The van der Waals surface area contributed by atoms with E-state index < -0.39 is 4.92 Å². The van der Waals surface area contributed by atoms with Crippen molar-refractivity contribution in [3.05, 3.63) is 34.4 Å². The fourth-order valence-electron chi connectivity index (χ4n) is 3.00. The Bertz CT molecular complexity index is 545. The van der Waals surface area contributed by atoms with Crippen LogP contribution in [0.25, 0.3) is 0 Å². The van der Waals surface area contributed by atoms with Gasteiger partial charge in [0.05, 0.1) is 4.92 Å². The second kappa shape index (κ2) is 11.0. The van der Waals surface area contributed by atoms with Crippen LogP contribution >= 0.6 is 12.4 Å². The predicted molar refractivity (Wildman–Crippen MR) is 101 cm³/mol. The van der Waals surface area contributed by atoms with Crippen LogP contribution in [0.4, 0.5) is 11.4 Å². The van der Waals surface area contributed by atoms with E-state index in [1.165, 1.54) is 31.4 Å². The number of nitrogens with zero attached hydrogens (tertiary/aromatic N) is 2. The maximum Gasteiger partial charge on any atom is 0.269 e. The molecule has 1 aromatic rings. The summed E-state index contributed by atoms with van der Waals surface area (Å²) >= 11 is 0. The molecule has 2 N–H and O–H groups in total. The molecule has 1 aliphatic rings. The molecule has 140 valence electrons. The van der Waals surface area contributed by atoms with E-state index in [2.05, 4.69) is 15.5 Å². The van der Waals surface area contributed by atoms with Crippen LogP contribution in [0.15, 0.2) is 24.3 Å². The fraction of sp³-hybridized carbons (Fsp3) is 0.588. The summed E-state index contributed by atoms with van der Waals surface area (Å²) in [6, 6.07) is 5.91. The highest BCUT2D eigenvalue weighted by atomic mass is 35.5. The van der Waals surface area contributed by atoms with Crippen LogP contribution in [-0.4, -0.2) is 49.0 Å². The number of halogens is 1. The van der Waals surface area contributed by atoms with Crippen LogP contribution in [0.3, 0.4) is 0 Å². The lowest BCUT2D eigenvalue weighted by atomic mass is 9.93. The highest BCUT2D eigenvalue weighted by Gasteiger charge is 2.19. The molecule has 1 heterocycles. The van der Waals surface area contributed by atoms with E-state index in [1.807, 2.05) is 7.05 Å². The number of benzene rings is 1. The number of likely N-dealkylation sites (tertiary alicyclic amines) is 1. The lowest BCUT2D eigenvalue weighted by Gasteiger charge is -2.31. The number of carbonyl (C=O) groups excluding carboxylic acids is 1. The van der Waals surface area contributed by atoms with Crippen molar-refractivity contribution in [2.24, 2.45) is 5.92 Å². The van der Waals surface area contributed by atoms with Crippen LogP contribution in [0.5, 0.6) is 0 Å². The van der Waals surface area contributed by atoms with Gasteiger partial charge in [0, 0.05) is 30.8 Å². The normalized spacial score (nSPS) is 15.4. The molecule has 0 aromatic heterocycles. The molecule has 2 rings (SSSR count). The van der Waals surface area contributed by atoms with Gasteiger partial charge in [0.1, 0.15) is 0 Å². The topological polar surface area (TPSA) is 87.5 Å². The first-order chi connectivity index (χ1) is 11.6. The Balaban J connectivity index is 0.00000312. The second-order valence-electron chi connectivity index (χ2n) is 6.28. The fourth-order valence-corrected chi connectivity index (χ4v) is 3.00. The summed E-state index contributed by atoms with van der Waals surface area (Å²) in [5.74, 6) is 0.740. The van der Waals surface area contributed by atoms with Gasteiger partial charge in [-0.1, -0.05) is 0 Å². The van der Waals surface area contributed by atoms with Crippen molar-refractivity contribution < 1.29 is 9.72 Å². The van der Waals surface area contributed by atoms with Crippen molar-refractivity contribution in [2.45, 2.75) is 25.7 Å². The minimum atomic E-state index is -0.453. The number of piperidine rings is 1. The molecule has 0 aliphatic carbocycles. The molecule has 1 aliphatic heterocycles. The van der Waals surface area contributed by atoms with Gasteiger partial charge in [0.25, 0.3) is 5.69 Å². The van der Waals surface area contributed by atoms with Gasteiger partial charge < -0.3 is 15.5 Å². The Morgan fingerprint density at radius 2 is 1.92 bits per heavy atom. The molecule has 0 radical (unpaired) electrons. The molecule has 0 unspecified atom stereocenters. The zero-order valence-corrected chi connectivity index (χ0v) is 15.4. The van der Waals surface area contributed by atoms with Gasteiger partial charge >= 0.3 is 0 Å². The molecular weight excluding hydrogens is 344 g/mol. The van der Waals surface area contributed by atoms with Crippen LogP contribution in [0.2, 0.25) is 0 Å². The van der Waals surface area contributed by atoms with Crippen LogP contribution in [0, 0.1) is 16.0 Å². The third-order valence-electron chi connectivity index (χ3n) is 4.53. The van der Waals surface area contributed by atoms with Gasteiger partial charge in [-0.25, -0.2) is 0 Å². The van der Waals surface area contributed by atoms with E-state index in [4.69, 9.17) is 0 Å². The van der Waals surface area contributed by atoms with Gasteiger partial charge in [-0.3, -0.25) is 14.9 Å². The molecule has 1 saturated heterocycles. The first-order valence-corrected chi connectivity index (χ1v) is 8.49. The summed E-state index contributed by atoms with van der Waals surface area (Å²) in [7, 11) is 1.98. The first-order valence-electron chi connectivity index (χ1n) is 8.49. The van der Waals surface area contributed by atoms with Crippen LogP contribution < -0.4 is 10.6 Å². The number of non-ortho nitro benzene ring substituents is 1. The Morgan fingerprint density at radius 3 is 2.48 bits per heavy atom.